The Morgan fingerprint density at radius 1 is 0.840 bits per heavy atom. The highest BCUT2D eigenvalue weighted by molar-refractivity contribution is 5.69. The number of hydrogen-bond acceptors (Lipinski definition) is 3. The van der Waals surface area contributed by atoms with E-state index in [0.29, 0.717) is 13.0 Å². The number of allylic oxidation sites excluding steroid dienone is 6. The average molecular weight is 350 g/mol. The van der Waals surface area contributed by atoms with Crippen molar-refractivity contribution in [2.75, 3.05) is 27.2 Å². The van der Waals surface area contributed by atoms with E-state index in [4.69, 9.17) is 4.74 Å². The number of rotatable bonds is 13. The summed E-state index contributed by atoms with van der Waals surface area (Å²) in [5, 5.41) is 0. The summed E-state index contributed by atoms with van der Waals surface area (Å²) in [6.45, 7) is 10.1. The van der Waals surface area contributed by atoms with Crippen LogP contribution in [0.2, 0.25) is 0 Å². The van der Waals surface area contributed by atoms with E-state index in [1.165, 1.54) is 16.7 Å². The number of esters is 1. The molecule has 0 bridgehead atoms. The van der Waals surface area contributed by atoms with Gasteiger partial charge in [0.1, 0.15) is 0 Å². The molecule has 0 radical (unpaired) electrons. The summed E-state index contributed by atoms with van der Waals surface area (Å²) >= 11 is 0. The second-order valence-electron chi connectivity index (χ2n) is 7.38. The molecule has 0 aromatic carbocycles. The van der Waals surface area contributed by atoms with Crippen molar-refractivity contribution in [3.8, 4) is 0 Å². The van der Waals surface area contributed by atoms with Crippen LogP contribution in [0.1, 0.15) is 72.6 Å². The molecule has 0 aromatic heterocycles. The molecule has 0 saturated carbocycles. The molecule has 0 fully saturated rings. The van der Waals surface area contributed by atoms with Crippen LogP contribution in [0.3, 0.4) is 0 Å². The number of hydrogen-bond donors (Lipinski definition) is 0. The molecular weight excluding hydrogens is 310 g/mol. The lowest BCUT2D eigenvalue weighted by molar-refractivity contribution is -0.143. The minimum Gasteiger partial charge on any atom is -0.466 e. The Labute approximate surface area is 155 Å². The standard InChI is InChI=1S/C22H39NO2/c1-19(2)11-7-12-20(3)13-8-14-21(4)15-9-16-22(24)25-18-10-17-23(5)6/h11,13,15H,7-10,12,14,16-18H2,1-6H3. The monoisotopic (exact) mass is 349 g/mol. The molecule has 0 unspecified atom stereocenters. The van der Waals surface area contributed by atoms with Crippen LogP contribution in [0, 0.1) is 0 Å². The molecule has 0 saturated heterocycles. The third-order valence-electron chi connectivity index (χ3n) is 3.98. The molecule has 0 aliphatic heterocycles. The third-order valence-corrected chi connectivity index (χ3v) is 3.98. The van der Waals surface area contributed by atoms with E-state index in [-0.39, 0.29) is 5.97 Å². The molecule has 0 heterocycles. The van der Waals surface area contributed by atoms with Crippen molar-refractivity contribution in [3.05, 3.63) is 34.9 Å². The average Bonchev–Trinajstić information content (AvgIpc) is 2.51. The van der Waals surface area contributed by atoms with Crippen molar-refractivity contribution in [1.29, 1.82) is 0 Å². The summed E-state index contributed by atoms with van der Waals surface area (Å²) in [5.41, 5.74) is 4.21. The fourth-order valence-electron chi connectivity index (χ4n) is 2.41. The van der Waals surface area contributed by atoms with E-state index >= 15 is 0 Å². The zero-order valence-electron chi connectivity index (χ0n) is 17.4. The molecule has 3 heteroatoms. The van der Waals surface area contributed by atoms with E-state index < -0.39 is 0 Å². The first kappa shape index (κ1) is 23.6. The van der Waals surface area contributed by atoms with Gasteiger partial charge in [0, 0.05) is 13.0 Å². The molecule has 0 atom stereocenters. The SMILES string of the molecule is CC(C)=CCCC(C)=CCCC(C)=CCCC(=O)OCCCN(C)C. The molecule has 0 rings (SSSR count). The Morgan fingerprint density at radius 3 is 1.88 bits per heavy atom. The van der Waals surface area contributed by atoms with Crippen LogP contribution in [0.4, 0.5) is 0 Å². The molecule has 144 valence electrons. The lowest BCUT2D eigenvalue weighted by Gasteiger charge is -2.09. The van der Waals surface area contributed by atoms with Crippen LogP contribution in [-0.4, -0.2) is 38.1 Å². The van der Waals surface area contributed by atoms with E-state index in [9.17, 15) is 4.79 Å². The zero-order chi connectivity index (χ0) is 19.1. The smallest absolute Gasteiger partial charge is 0.306 e. The van der Waals surface area contributed by atoms with Gasteiger partial charge in [-0.15, -0.1) is 0 Å². The van der Waals surface area contributed by atoms with Gasteiger partial charge in [-0.2, -0.15) is 0 Å². The zero-order valence-corrected chi connectivity index (χ0v) is 17.4. The first-order valence-electron chi connectivity index (χ1n) is 9.56. The van der Waals surface area contributed by atoms with Crippen molar-refractivity contribution in [1.82, 2.24) is 4.90 Å². The summed E-state index contributed by atoms with van der Waals surface area (Å²) < 4.78 is 5.23. The van der Waals surface area contributed by atoms with Gasteiger partial charge in [-0.1, -0.05) is 34.9 Å². The Bertz CT molecular complexity index is 455. The van der Waals surface area contributed by atoms with Gasteiger partial charge >= 0.3 is 5.97 Å². The summed E-state index contributed by atoms with van der Waals surface area (Å²) in [6, 6.07) is 0. The van der Waals surface area contributed by atoms with Gasteiger partial charge in [0.05, 0.1) is 6.61 Å². The van der Waals surface area contributed by atoms with Gasteiger partial charge in [-0.25, -0.2) is 0 Å². The summed E-state index contributed by atoms with van der Waals surface area (Å²) in [5.74, 6) is -0.0854. The van der Waals surface area contributed by atoms with E-state index in [2.05, 4.69) is 50.8 Å². The van der Waals surface area contributed by atoms with Crippen molar-refractivity contribution >= 4 is 5.97 Å². The molecule has 0 N–H and O–H groups in total. The van der Waals surface area contributed by atoms with Gasteiger partial charge in [-0.3, -0.25) is 4.79 Å². The molecular formula is C22H39NO2. The van der Waals surface area contributed by atoms with Crippen LogP contribution in [0.25, 0.3) is 0 Å². The normalized spacial score (nSPS) is 12.4. The minimum atomic E-state index is -0.0854. The molecule has 0 aromatic rings. The maximum Gasteiger partial charge on any atom is 0.306 e. The largest absolute Gasteiger partial charge is 0.466 e. The first-order chi connectivity index (χ1) is 11.8. The lowest BCUT2D eigenvalue weighted by Crippen LogP contribution is -2.16. The second kappa shape index (κ2) is 14.9. The summed E-state index contributed by atoms with van der Waals surface area (Å²) in [6.07, 6.45) is 13.4. The van der Waals surface area contributed by atoms with Crippen LogP contribution in [0.15, 0.2) is 34.9 Å². The Balaban J connectivity index is 3.83. The first-order valence-corrected chi connectivity index (χ1v) is 9.56. The number of carbonyl (C=O) groups is 1. The molecule has 0 amide bonds. The fraction of sp³-hybridized carbons (Fsp3) is 0.682. The number of carbonyl (C=O) groups excluding carboxylic acids is 1. The molecule has 0 spiro atoms. The second-order valence-corrected chi connectivity index (χ2v) is 7.38. The van der Waals surface area contributed by atoms with Crippen LogP contribution >= 0.6 is 0 Å². The van der Waals surface area contributed by atoms with Crippen molar-refractivity contribution in [2.45, 2.75) is 72.6 Å². The quantitative estimate of drug-likeness (QED) is 0.243. The van der Waals surface area contributed by atoms with Gasteiger partial charge in [0.2, 0.25) is 0 Å². The molecule has 0 aliphatic carbocycles. The summed E-state index contributed by atoms with van der Waals surface area (Å²) in [7, 11) is 4.05. The van der Waals surface area contributed by atoms with Crippen molar-refractivity contribution < 1.29 is 9.53 Å². The van der Waals surface area contributed by atoms with E-state index in [1.807, 2.05) is 14.1 Å². The lowest BCUT2D eigenvalue weighted by atomic mass is 10.1. The predicted molar refractivity (Wildman–Crippen MR) is 109 cm³/mol. The van der Waals surface area contributed by atoms with Crippen molar-refractivity contribution in [3.63, 3.8) is 0 Å². The van der Waals surface area contributed by atoms with E-state index in [0.717, 1.165) is 45.1 Å². The minimum absolute atomic E-state index is 0.0854. The van der Waals surface area contributed by atoms with Gasteiger partial charge in [-0.05, 0) is 80.3 Å². The van der Waals surface area contributed by atoms with E-state index in [1.54, 1.807) is 0 Å². The maximum absolute atomic E-state index is 11.6. The topological polar surface area (TPSA) is 29.5 Å². The molecule has 3 nitrogen and oxygen atoms in total. The Morgan fingerprint density at radius 2 is 1.36 bits per heavy atom. The van der Waals surface area contributed by atoms with Crippen LogP contribution in [-0.2, 0) is 9.53 Å². The van der Waals surface area contributed by atoms with Crippen LogP contribution < -0.4 is 0 Å². The van der Waals surface area contributed by atoms with Crippen LogP contribution in [0.5, 0.6) is 0 Å². The van der Waals surface area contributed by atoms with Crippen molar-refractivity contribution in [2.24, 2.45) is 0 Å². The summed E-state index contributed by atoms with van der Waals surface area (Å²) in [4.78, 5) is 13.7. The number of ether oxygens (including phenoxy) is 1. The highest BCUT2D eigenvalue weighted by Crippen LogP contribution is 2.12. The Hall–Kier alpha value is -1.35. The third kappa shape index (κ3) is 17.3. The molecule has 0 aliphatic rings. The highest BCUT2D eigenvalue weighted by Gasteiger charge is 2.01. The van der Waals surface area contributed by atoms with Gasteiger partial charge < -0.3 is 9.64 Å². The maximum atomic E-state index is 11.6. The highest BCUT2D eigenvalue weighted by atomic mass is 16.5. The predicted octanol–water partition coefficient (Wildman–Crippen LogP) is 5.68. The number of nitrogens with zero attached hydrogens (tertiary/aromatic N) is 1. The van der Waals surface area contributed by atoms with Gasteiger partial charge in [0.15, 0.2) is 0 Å². The van der Waals surface area contributed by atoms with Gasteiger partial charge in [0.25, 0.3) is 0 Å². The Kier molecular flexibility index (Phi) is 14.1. The molecule has 25 heavy (non-hydrogen) atoms. The fourth-order valence-corrected chi connectivity index (χ4v) is 2.41.